The lowest BCUT2D eigenvalue weighted by atomic mass is 10.1. The van der Waals surface area contributed by atoms with Crippen molar-refractivity contribution in [2.24, 2.45) is 0 Å². The van der Waals surface area contributed by atoms with Crippen molar-refractivity contribution in [2.75, 3.05) is 30.4 Å². The predicted octanol–water partition coefficient (Wildman–Crippen LogP) is 3.21. The summed E-state index contributed by atoms with van der Waals surface area (Å²) >= 11 is 0. The number of hydrogen-bond donors (Lipinski definition) is 1. The smallest absolute Gasteiger partial charge is 0.267 e. The number of fused-ring (bicyclic) bond motifs is 1. The minimum Gasteiger partial charge on any atom is -0.479 e. The van der Waals surface area contributed by atoms with Crippen LogP contribution in [0.15, 0.2) is 36.4 Å². The van der Waals surface area contributed by atoms with Crippen LogP contribution < -0.4 is 15.0 Å². The zero-order valence-corrected chi connectivity index (χ0v) is 18.7. The fourth-order valence-electron chi connectivity index (χ4n) is 3.85. The van der Waals surface area contributed by atoms with E-state index in [1.165, 1.54) is 4.90 Å². The highest BCUT2D eigenvalue weighted by atomic mass is 16.5. The van der Waals surface area contributed by atoms with E-state index in [1.54, 1.807) is 31.0 Å². The lowest BCUT2D eigenvalue weighted by Crippen LogP contribution is -2.46. The van der Waals surface area contributed by atoms with Crippen LogP contribution >= 0.6 is 0 Å². The van der Waals surface area contributed by atoms with E-state index in [2.05, 4.69) is 5.32 Å². The van der Waals surface area contributed by atoms with Crippen molar-refractivity contribution in [1.29, 1.82) is 0 Å². The molecule has 7 heteroatoms. The third-order valence-electron chi connectivity index (χ3n) is 5.37. The van der Waals surface area contributed by atoms with Gasteiger partial charge in [0.1, 0.15) is 5.75 Å². The molecule has 0 saturated carbocycles. The van der Waals surface area contributed by atoms with Gasteiger partial charge >= 0.3 is 0 Å². The number of carbonyl (C=O) groups excluding carboxylic acids is 3. The van der Waals surface area contributed by atoms with Gasteiger partial charge < -0.3 is 19.9 Å². The van der Waals surface area contributed by atoms with Gasteiger partial charge in [-0.1, -0.05) is 29.8 Å². The molecule has 164 valence electrons. The number of benzene rings is 2. The monoisotopic (exact) mass is 423 g/mol. The first-order chi connectivity index (χ1) is 14.7. The molecule has 2 aromatic rings. The Hall–Kier alpha value is -3.35. The molecule has 0 fully saturated rings. The van der Waals surface area contributed by atoms with Crippen LogP contribution in [-0.2, 0) is 14.4 Å². The van der Waals surface area contributed by atoms with E-state index in [9.17, 15) is 14.4 Å². The zero-order valence-electron chi connectivity index (χ0n) is 18.7. The predicted molar refractivity (Wildman–Crippen MR) is 120 cm³/mol. The first kappa shape index (κ1) is 22.3. The first-order valence-electron chi connectivity index (χ1n) is 10.4. The zero-order chi connectivity index (χ0) is 22.7. The number of aryl methyl sites for hydroxylation is 3. The first-order valence-corrected chi connectivity index (χ1v) is 10.4. The van der Waals surface area contributed by atoms with Gasteiger partial charge in [0.15, 0.2) is 6.10 Å². The maximum atomic E-state index is 12.6. The van der Waals surface area contributed by atoms with E-state index >= 15 is 0 Å². The minimum atomic E-state index is -0.602. The van der Waals surface area contributed by atoms with Crippen molar-refractivity contribution in [3.8, 4) is 5.75 Å². The third kappa shape index (κ3) is 5.05. The van der Waals surface area contributed by atoms with E-state index < -0.39 is 6.10 Å². The molecule has 7 nitrogen and oxygen atoms in total. The standard InChI is InChI=1S/C24H29N3O4/c1-15-12-16(2)23(17(3)13-15)25-21(28)14-26(5)22(29)10-11-27-19-8-6-7-9-20(19)31-18(4)24(27)30/h6-9,12-13,18H,10-11,14H2,1-5H3,(H,25,28)/t18-/m1/s1. The molecule has 0 spiro atoms. The molecule has 31 heavy (non-hydrogen) atoms. The second-order valence-electron chi connectivity index (χ2n) is 8.04. The highest BCUT2D eigenvalue weighted by molar-refractivity contribution is 6.00. The summed E-state index contributed by atoms with van der Waals surface area (Å²) in [6.45, 7) is 7.76. The maximum absolute atomic E-state index is 12.6. The number of amides is 3. The number of anilines is 2. The SMILES string of the molecule is Cc1cc(C)c(NC(=O)CN(C)C(=O)CCN2C(=O)[C@@H](C)Oc3ccccc32)c(C)c1. The summed E-state index contributed by atoms with van der Waals surface area (Å²) in [5.74, 6) is -0.0277. The average Bonchev–Trinajstić information content (AvgIpc) is 2.70. The van der Waals surface area contributed by atoms with Gasteiger partial charge in [-0.2, -0.15) is 0 Å². The van der Waals surface area contributed by atoms with E-state index in [-0.39, 0.29) is 37.2 Å². The highest BCUT2D eigenvalue weighted by Gasteiger charge is 2.31. The van der Waals surface area contributed by atoms with Crippen LogP contribution in [0.2, 0.25) is 0 Å². The van der Waals surface area contributed by atoms with Crippen LogP contribution in [0.25, 0.3) is 0 Å². The molecular weight excluding hydrogens is 394 g/mol. The van der Waals surface area contributed by atoms with Crippen molar-refractivity contribution < 1.29 is 19.1 Å². The number of ether oxygens (including phenoxy) is 1. The third-order valence-corrected chi connectivity index (χ3v) is 5.37. The molecule has 2 aromatic carbocycles. The Morgan fingerprint density at radius 3 is 2.45 bits per heavy atom. The lowest BCUT2D eigenvalue weighted by Gasteiger charge is -2.33. The molecule has 0 bridgehead atoms. The second-order valence-corrected chi connectivity index (χ2v) is 8.04. The minimum absolute atomic E-state index is 0.0599. The van der Waals surface area contributed by atoms with E-state index in [1.807, 2.05) is 45.0 Å². The maximum Gasteiger partial charge on any atom is 0.267 e. The number of rotatable bonds is 6. The molecule has 3 rings (SSSR count). The van der Waals surface area contributed by atoms with Gasteiger partial charge in [0.25, 0.3) is 5.91 Å². The molecule has 1 heterocycles. The van der Waals surface area contributed by atoms with E-state index in [4.69, 9.17) is 4.74 Å². The molecular formula is C24H29N3O4. The van der Waals surface area contributed by atoms with Gasteiger partial charge in [-0.25, -0.2) is 0 Å². The normalized spacial score (nSPS) is 15.2. The van der Waals surface area contributed by atoms with Gasteiger partial charge in [0.05, 0.1) is 12.2 Å². The van der Waals surface area contributed by atoms with Gasteiger partial charge in [-0.3, -0.25) is 14.4 Å². The van der Waals surface area contributed by atoms with Crippen molar-refractivity contribution in [3.05, 3.63) is 53.1 Å². The van der Waals surface area contributed by atoms with Crippen molar-refractivity contribution in [2.45, 2.75) is 40.2 Å². The summed E-state index contributed by atoms with van der Waals surface area (Å²) in [7, 11) is 1.59. The summed E-state index contributed by atoms with van der Waals surface area (Å²) in [6, 6.07) is 11.3. The number of carbonyl (C=O) groups is 3. The average molecular weight is 424 g/mol. The fourth-order valence-corrected chi connectivity index (χ4v) is 3.85. The summed E-state index contributed by atoms with van der Waals surface area (Å²) in [5, 5.41) is 2.91. The second kappa shape index (κ2) is 9.20. The fraction of sp³-hybridized carbons (Fsp3) is 0.375. The van der Waals surface area contributed by atoms with Crippen LogP contribution in [0.3, 0.4) is 0 Å². The number of nitrogens with one attached hydrogen (secondary N) is 1. The van der Waals surface area contributed by atoms with Gasteiger partial charge in [0.2, 0.25) is 11.8 Å². The molecule has 0 saturated heterocycles. The number of para-hydroxylation sites is 2. The molecule has 0 radical (unpaired) electrons. The summed E-state index contributed by atoms with van der Waals surface area (Å²) in [6.07, 6.45) is -0.492. The topological polar surface area (TPSA) is 79.0 Å². The Morgan fingerprint density at radius 1 is 1.13 bits per heavy atom. The molecule has 1 aliphatic rings. The lowest BCUT2D eigenvalue weighted by molar-refractivity contribution is -0.133. The number of nitrogens with zero attached hydrogens (tertiary/aromatic N) is 2. The Balaban J connectivity index is 1.59. The van der Waals surface area contributed by atoms with E-state index in [0.717, 1.165) is 22.4 Å². The number of hydrogen-bond acceptors (Lipinski definition) is 4. The number of likely N-dealkylation sites (N-methyl/N-ethyl adjacent to an activating group) is 1. The van der Waals surface area contributed by atoms with Crippen molar-refractivity contribution in [3.63, 3.8) is 0 Å². The van der Waals surface area contributed by atoms with Crippen molar-refractivity contribution in [1.82, 2.24) is 4.90 Å². The van der Waals surface area contributed by atoms with Crippen LogP contribution in [0, 0.1) is 20.8 Å². The van der Waals surface area contributed by atoms with Gasteiger partial charge in [0, 0.05) is 25.7 Å². The Morgan fingerprint density at radius 2 is 1.77 bits per heavy atom. The van der Waals surface area contributed by atoms with Crippen LogP contribution in [0.4, 0.5) is 11.4 Å². The Kier molecular flexibility index (Phi) is 6.63. The summed E-state index contributed by atoms with van der Waals surface area (Å²) in [4.78, 5) is 40.6. The largest absolute Gasteiger partial charge is 0.479 e. The van der Waals surface area contributed by atoms with E-state index in [0.29, 0.717) is 11.4 Å². The summed E-state index contributed by atoms with van der Waals surface area (Å²) < 4.78 is 5.62. The quantitative estimate of drug-likeness (QED) is 0.774. The Labute approximate surface area is 183 Å². The Bertz CT molecular complexity index is 995. The van der Waals surface area contributed by atoms with Crippen LogP contribution in [-0.4, -0.2) is 48.9 Å². The van der Waals surface area contributed by atoms with Crippen LogP contribution in [0.1, 0.15) is 30.0 Å². The molecule has 0 aliphatic carbocycles. The summed E-state index contributed by atoms with van der Waals surface area (Å²) in [5.41, 5.74) is 4.54. The molecule has 1 N–H and O–H groups in total. The van der Waals surface area contributed by atoms with Gasteiger partial charge in [-0.05, 0) is 51.0 Å². The van der Waals surface area contributed by atoms with Crippen molar-refractivity contribution >= 4 is 29.1 Å². The molecule has 1 aliphatic heterocycles. The van der Waals surface area contributed by atoms with Gasteiger partial charge in [-0.15, -0.1) is 0 Å². The van der Waals surface area contributed by atoms with Crippen LogP contribution in [0.5, 0.6) is 5.75 Å². The molecule has 3 amide bonds. The highest BCUT2D eigenvalue weighted by Crippen LogP contribution is 2.33. The molecule has 1 atom stereocenters. The molecule has 0 unspecified atom stereocenters. The molecule has 0 aromatic heterocycles.